The molecule has 0 heterocycles. The minimum Gasteiger partial charge on any atom is -0.414 e. The number of hydrogen-bond acceptors (Lipinski definition) is 2. The van der Waals surface area contributed by atoms with E-state index in [1.165, 1.54) is 19.3 Å². The van der Waals surface area contributed by atoms with Crippen LogP contribution in [0.2, 0.25) is 18.1 Å². The van der Waals surface area contributed by atoms with Crippen LogP contribution >= 0.6 is 0 Å². The summed E-state index contributed by atoms with van der Waals surface area (Å²) in [5, 5.41) is 0.262. The van der Waals surface area contributed by atoms with E-state index < -0.39 is 8.32 Å². The van der Waals surface area contributed by atoms with Crippen LogP contribution in [-0.2, 0) is 9.22 Å². The molecule has 0 aromatic carbocycles. The van der Waals surface area contributed by atoms with Crippen LogP contribution in [0.25, 0.3) is 0 Å². The number of carbonyl (C=O) groups is 1. The van der Waals surface area contributed by atoms with Gasteiger partial charge in [0.05, 0.1) is 0 Å². The Morgan fingerprint density at radius 3 is 2.50 bits per heavy atom. The highest BCUT2D eigenvalue weighted by molar-refractivity contribution is 6.74. The third kappa shape index (κ3) is 2.89. The van der Waals surface area contributed by atoms with Crippen LogP contribution in [0.5, 0.6) is 0 Å². The molecule has 0 spiro atoms. The molecule has 4 atom stereocenters. The van der Waals surface area contributed by atoms with E-state index in [1.54, 1.807) is 0 Å². The minimum absolute atomic E-state index is 0.262. The SMILES string of the molecule is CCCCC1C2CC(O[Si](C)(C)C(C)(C)C)C1CC2=O. The summed E-state index contributed by atoms with van der Waals surface area (Å²) in [6.45, 7) is 13.8. The maximum absolute atomic E-state index is 12.1. The molecule has 20 heavy (non-hydrogen) atoms. The lowest BCUT2D eigenvalue weighted by molar-refractivity contribution is -0.123. The van der Waals surface area contributed by atoms with Gasteiger partial charge in [-0.2, -0.15) is 0 Å². The summed E-state index contributed by atoms with van der Waals surface area (Å²) in [7, 11) is -1.70. The smallest absolute Gasteiger partial charge is 0.192 e. The van der Waals surface area contributed by atoms with Crippen LogP contribution in [0.4, 0.5) is 0 Å². The molecule has 0 aromatic rings. The van der Waals surface area contributed by atoms with Crippen LogP contribution in [0.3, 0.4) is 0 Å². The molecule has 2 aliphatic rings. The van der Waals surface area contributed by atoms with Crippen molar-refractivity contribution in [1.29, 1.82) is 0 Å². The monoisotopic (exact) mass is 296 g/mol. The van der Waals surface area contributed by atoms with Gasteiger partial charge >= 0.3 is 0 Å². The molecule has 2 bridgehead atoms. The Balaban J connectivity index is 2.04. The average Bonchev–Trinajstić information content (AvgIpc) is 2.77. The Labute approximate surface area is 125 Å². The van der Waals surface area contributed by atoms with Crippen molar-refractivity contribution in [1.82, 2.24) is 0 Å². The van der Waals surface area contributed by atoms with Gasteiger partial charge in [0.1, 0.15) is 5.78 Å². The van der Waals surface area contributed by atoms with Gasteiger partial charge in [-0.05, 0) is 42.8 Å². The van der Waals surface area contributed by atoms with Crippen molar-refractivity contribution in [2.24, 2.45) is 17.8 Å². The van der Waals surface area contributed by atoms with E-state index in [4.69, 9.17) is 4.43 Å². The first-order valence-corrected chi connectivity index (χ1v) is 11.3. The standard InChI is InChI=1S/C17H32O2Si/c1-7-8-9-12-13-11-16(14(12)10-15(13)18)19-20(5,6)17(2,3)4/h12-14,16H,7-11H2,1-6H3. The molecule has 116 valence electrons. The number of ketones is 1. The molecule has 0 aliphatic heterocycles. The van der Waals surface area contributed by atoms with Gasteiger partial charge in [0.2, 0.25) is 0 Å². The van der Waals surface area contributed by atoms with Crippen molar-refractivity contribution in [2.45, 2.75) is 84.0 Å². The maximum Gasteiger partial charge on any atom is 0.192 e. The molecular formula is C17H32O2Si. The van der Waals surface area contributed by atoms with Crippen molar-refractivity contribution in [2.75, 3.05) is 0 Å². The summed E-state index contributed by atoms with van der Waals surface area (Å²) in [5.74, 6) is 1.98. The number of hydrogen-bond donors (Lipinski definition) is 0. The molecule has 0 aromatic heterocycles. The first-order valence-electron chi connectivity index (χ1n) is 8.38. The van der Waals surface area contributed by atoms with Gasteiger partial charge in [-0.25, -0.2) is 0 Å². The van der Waals surface area contributed by atoms with Gasteiger partial charge in [0.15, 0.2) is 8.32 Å². The summed E-state index contributed by atoms with van der Waals surface area (Å²) in [6.07, 6.45) is 5.88. The summed E-state index contributed by atoms with van der Waals surface area (Å²) in [4.78, 5) is 12.1. The van der Waals surface area contributed by atoms with E-state index in [1.807, 2.05) is 0 Å². The average molecular weight is 297 g/mol. The lowest BCUT2D eigenvalue weighted by Crippen LogP contribution is -2.45. The van der Waals surface area contributed by atoms with E-state index in [-0.39, 0.29) is 5.04 Å². The number of fused-ring (bicyclic) bond motifs is 2. The highest BCUT2D eigenvalue weighted by Crippen LogP contribution is 2.52. The number of Topliss-reactive ketones (excluding diaryl/α,β-unsaturated/α-hetero) is 1. The van der Waals surface area contributed by atoms with Crippen molar-refractivity contribution in [3.05, 3.63) is 0 Å². The molecule has 0 amide bonds. The van der Waals surface area contributed by atoms with E-state index in [2.05, 4.69) is 40.8 Å². The lowest BCUT2D eigenvalue weighted by atomic mass is 9.92. The minimum atomic E-state index is -1.70. The number of unbranched alkanes of at least 4 members (excludes halogenated alkanes) is 1. The molecule has 2 fully saturated rings. The lowest BCUT2D eigenvalue weighted by Gasteiger charge is -2.40. The normalized spacial score (nSPS) is 34.0. The van der Waals surface area contributed by atoms with Crippen molar-refractivity contribution in [3.63, 3.8) is 0 Å². The Hall–Kier alpha value is -0.153. The van der Waals surface area contributed by atoms with Crippen molar-refractivity contribution in [3.8, 4) is 0 Å². The van der Waals surface area contributed by atoms with E-state index in [0.29, 0.717) is 29.6 Å². The van der Waals surface area contributed by atoms with Gasteiger partial charge < -0.3 is 4.43 Å². The summed E-state index contributed by atoms with van der Waals surface area (Å²) < 4.78 is 6.64. The second-order valence-corrected chi connectivity index (χ2v) is 13.2. The fraction of sp³-hybridized carbons (Fsp3) is 0.941. The quantitative estimate of drug-likeness (QED) is 0.682. The summed E-state index contributed by atoms with van der Waals surface area (Å²) >= 11 is 0. The van der Waals surface area contributed by atoms with Gasteiger partial charge in [-0.15, -0.1) is 0 Å². The first-order chi connectivity index (χ1) is 9.17. The molecule has 2 rings (SSSR count). The zero-order valence-corrected chi connectivity index (χ0v) is 15.2. The molecular weight excluding hydrogens is 264 g/mol. The molecule has 2 nitrogen and oxygen atoms in total. The third-order valence-corrected chi connectivity index (χ3v) is 10.5. The molecule has 3 heteroatoms. The van der Waals surface area contributed by atoms with E-state index in [0.717, 1.165) is 12.8 Å². The summed E-state index contributed by atoms with van der Waals surface area (Å²) in [6, 6.07) is 0. The van der Waals surface area contributed by atoms with Crippen molar-refractivity contribution >= 4 is 14.1 Å². The van der Waals surface area contributed by atoms with Crippen LogP contribution < -0.4 is 0 Å². The number of rotatable bonds is 5. The van der Waals surface area contributed by atoms with Crippen LogP contribution in [0.15, 0.2) is 0 Å². The Morgan fingerprint density at radius 2 is 1.95 bits per heavy atom. The Morgan fingerprint density at radius 1 is 1.30 bits per heavy atom. The van der Waals surface area contributed by atoms with Gasteiger partial charge in [-0.3, -0.25) is 4.79 Å². The predicted octanol–water partition coefficient (Wildman–Crippen LogP) is 4.79. The van der Waals surface area contributed by atoms with Crippen LogP contribution in [-0.4, -0.2) is 20.2 Å². The molecule has 2 aliphatic carbocycles. The third-order valence-electron chi connectivity index (χ3n) is 6.02. The van der Waals surface area contributed by atoms with Crippen LogP contribution in [0, 0.1) is 17.8 Å². The Kier molecular flexibility index (Phi) is 4.51. The predicted molar refractivity (Wildman–Crippen MR) is 86.3 cm³/mol. The largest absolute Gasteiger partial charge is 0.414 e. The molecule has 0 N–H and O–H groups in total. The zero-order chi connectivity index (χ0) is 15.1. The fourth-order valence-electron chi connectivity index (χ4n) is 3.76. The van der Waals surface area contributed by atoms with Crippen molar-refractivity contribution < 1.29 is 9.22 Å². The number of carbonyl (C=O) groups excluding carboxylic acids is 1. The maximum atomic E-state index is 12.1. The zero-order valence-electron chi connectivity index (χ0n) is 14.2. The topological polar surface area (TPSA) is 26.3 Å². The second-order valence-electron chi connectivity index (χ2n) is 8.40. The van der Waals surface area contributed by atoms with Gasteiger partial charge in [0, 0.05) is 18.4 Å². The second kappa shape index (κ2) is 5.56. The van der Waals surface area contributed by atoms with E-state index in [9.17, 15) is 4.79 Å². The van der Waals surface area contributed by atoms with Gasteiger partial charge in [0.25, 0.3) is 0 Å². The molecule has 4 unspecified atom stereocenters. The summed E-state index contributed by atoms with van der Waals surface area (Å²) in [5.41, 5.74) is 0. The highest BCUT2D eigenvalue weighted by atomic mass is 28.4. The molecule has 0 radical (unpaired) electrons. The molecule has 2 saturated carbocycles. The molecule has 0 saturated heterocycles. The van der Waals surface area contributed by atoms with Crippen LogP contribution in [0.1, 0.15) is 59.8 Å². The highest BCUT2D eigenvalue weighted by Gasteiger charge is 2.54. The first kappa shape index (κ1) is 16.2. The van der Waals surface area contributed by atoms with E-state index >= 15 is 0 Å². The van der Waals surface area contributed by atoms with Gasteiger partial charge in [-0.1, -0.05) is 40.5 Å². The Bertz CT molecular complexity index is 370. The fourth-order valence-corrected chi connectivity index (χ4v) is 5.14.